The zero-order valence-electron chi connectivity index (χ0n) is 12.4. The van der Waals surface area contributed by atoms with Gasteiger partial charge in [-0.15, -0.1) is 0 Å². The summed E-state index contributed by atoms with van der Waals surface area (Å²) in [6, 6.07) is 8.52. The third-order valence-corrected chi connectivity index (χ3v) is 5.19. The number of nitrogens with one attached hydrogen (secondary N) is 2. The average molecular weight is 272 g/mol. The van der Waals surface area contributed by atoms with E-state index in [0.29, 0.717) is 12.0 Å². The van der Waals surface area contributed by atoms with E-state index in [4.69, 9.17) is 0 Å². The van der Waals surface area contributed by atoms with Gasteiger partial charge in [0.05, 0.1) is 0 Å². The molecule has 0 spiro atoms. The van der Waals surface area contributed by atoms with Crippen molar-refractivity contribution in [3.63, 3.8) is 0 Å². The summed E-state index contributed by atoms with van der Waals surface area (Å²) in [5, 5.41) is 6.31. The average Bonchev–Trinajstić information content (AvgIpc) is 3.10. The van der Waals surface area contributed by atoms with Crippen molar-refractivity contribution in [1.82, 2.24) is 5.32 Å². The van der Waals surface area contributed by atoms with Crippen LogP contribution in [0.4, 0.5) is 5.69 Å². The van der Waals surface area contributed by atoms with Gasteiger partial charge in [-0.25, -0.2) is 0 Å². The molecule has 2 bridgehead atoms. The Hall–Kier alpha value is -1.35. The largest absolute Gasteiger partial charge is 0.326 e. The third-order valence-electron chi connectivity index (χ3n) is 5.19. The van der Waals surface area contributed by atoms with Crippen molar-refractivity contribution < 1.29 is 4.79 Å². The monoisotopic (exact) mass is 272 g/mol. The summed E-state index contributed by atoms with van der Waals surface area (Å²) in [5.74, 6) is 1.94. The minimum Gasteiger partial charge on any atom is -0.326 e. The molecule has 2 aliphatic carbocycles. The molecule has 4 unspecified atom stereocenters. The van der Waals surface area contributed by atoms with Crippen LogP contribution in [0.5, 0.6) is 0 Å². The van der Waals surface area contributed by atoms with Crippen LogP contribution in [0.1, 0.15) is 44.2 Å². The highest BCUT2D eigenvalue weighted by atomic mass is 16.1. The third kappa shape index (κ3) is 2.59. The first-order valence-corrected chi connectivity index (χ1v) is 7.75. The van der Waals surface area contributed by atoms with Crippen molar-refractivity contribution in [2.24, 2.45) is 17.8 Å². The molecule has 3 heteroatoms. The number of carbonyl (C=O) groups excluding carboxylic acids is 1. The van der Waals surface area contributed by atoms with E-state index in [0.717, 1.165) is 18.0 Å². The highest BCUT2D eigenvalue weighted by molar-refractivity contribution is 5.93. The molecule has 3 nitrogen and oxygen atoms in total. The maximum atomic E-state index is 12.4. The van der Waals surface area contributed by atoms with Crippen LogP contribution < -0.4 is 10.6 Å². The molecule has 0 radical (unpaired) electrons. The summed E-state index contributed by atoms with van der Waals surface area (Å²) in [6.45, 7) is 2.13. The summed E-state index contributed by atoms with van der Waals surface area (Å²) >= 11 is 0. The summed E-state index contributed by atoms with van der Waals surface area (Å²) < 4.78 is 0. The van der Waals surface area contributed by atoms with Crippen LogP contribution in [-0.4, -0.2) is 13.0 Å². The fraction of sp³-hybridized carbons (Fsp3) is 0.588. The van der Waals surface area contributed by atoms with Crippen molar-refractivity contribution in [1.29, 1.82) is 0 Å². The van der Waals surface area contributed by atoms with Crippen molar-refractivity contribution in [3.8, 4) is 0 Å². The molecular formula is C17H24N2O. The lowest BCUT2D eigenvalue weighted by molar-refractivity contribution is -0.121. The van der Waals surface area contributed by atoms with Gasteiger partial charge in [-0.05, 0) is 62.8 Å². The number of carbonyl (C=O) groups is 1. The molecule has 1 amide bonds. The molecule has 0 saturated heterocycles. The Bertz CT molecular complexity index is 482. The number of amides is 1. The predicted molar refractivity (Wildman–Crippen MR) is 81.5 cm³/mol. The number of benzene rings is 1. The summed E-state index contributed by atoms with van der Waals surface area (Å²) in [5.41, 5.74) is 2.16. The molecule has 3 rings (SSSR count). The minimum atomic E-state index is 0.228. The van der Waals surface area contributed by atoms with E-state index in [2.05, 4.69) is 29.7 Å². The molecule has 20 heavy (non-hydrogen) atoms. The maximum absolute atomic E-state index is 12.4. The Morgan fingerprint density at radius 3 is 2.50 bits per heavy atom. The van der Waals surface area contributed by atoms with Gasteiger partial charge >= 0.3 is 0 Å². The first kappa shape index (κ1) is 13.6. The lowest BCUT2D eigenvalue weighted by Crippen LogP contribution is -2.27. The van der Waals surface area contributed by atoms with Gasteiger partial charge in [0.1, 0.15) is 0 Å². The van der Waals surface area contributed by atoms with Gasteiger partial charge in [0.25, 0.3) is 0 Å². The fourth-order valence-corrected chi connectivity index (χ4v) is 3.82. The lowest BCUT2D eigenvalue weighted by Gasteiger charge is -2.21. The van der Waals surface area contributed by atoms with Gasteiger partial charge in [0.2, 0.25) is 5.91 Å². The first-order chi connectivity index (χ1) is 9.67. The van der Waals surface area contributed by atoms with Gasteiger partial charge in [0.15, 0.2) is 0 Å². The Balaban J connectivity index is 1.61. The molecule has 2 saturated carbocycles. The molecule has 1 aromatic carbocycles. The zero-order chi connectivity index (χ0) is 14.1. The first-order valence-electron chi connectivity index (χ1n) is 7.75. The molecule has 2 fully saturated rings. The molecule has 2 aliphatic rings. The minimum absolute atomic E-state index is 0.228. The summed E-state index contributed by atoms with van der Waals surface area (Å²) in [4.78, 5) is 12.4. The molecule has 0 aromatic heterocycles. The van der Waals surface area contributed by atoms with E-state index >= 15 is 0 Å². The van der Waals surface area contributed by atoms with Gasteiger partial charge in [0, 0.05) is 17.6 Å². The van der Waals surface area contributed by atoms with Crippen molar-refractivity contribution >= 4 is 11.6 Å². The Morgan fingerprint density at radius 2 is 1.95 bits per heavy atom. The molecule has 0 heterocycles. The second kappa shape index (κ2) is 5.57. The second-order valence-corrected chi connectivity index (χ2v) is 6.40. The van der Waals surface area contributed by atoms with Crippen molar-refractivity contribution in [3.05, 3.63) is 29.8 Å². The molecule has 4 atom stereocenters. The van der Waals surface area contributed by atoms with E-state index in [1.807, 2.05) is 19.2 Å². The molecule has 1 aromatic rings. The van der Waals surface area contributed by atoms with Crippen LogP contribution in [0.2, 0.25) is 0 Å². The van der Waals surface area contributed by atoms with Gasteiger partial charge < -0.3 is 10.6 Å². The fourth-order valence-electron chi connectivity index (χ4n) is 3.82. The SMILES string of the molecule is CNC(C)c1ccc(NC(=O)C2CC3CCC2C3)cc1. The van der Waals surface area contributed by atoms with E-state index in [9.17, 15) is 4.79 Å². The summed E-state index contributed by atoms with van der Waals surface area (Å²) in [7, 11) is 1.95. The predicted octanol–water partition coefficient (Wildman–Crippen LogP) is 3.34. The molecule has 0 aliphatic heterocycles. The van der Waals surface area contributed by atoms with E-state index in [1.54, 1.807) is 0 Å². The quantitative estimate of drug-likeness (QED) is 0.882. The van der Waals surface area contributed by atoms with E-state index < -0.39 is 0 Å². The lowest BCUT2D eigenvalue weighted by atomic mass is 9.88. The maximum Gasteiger partial charge on any atom is 0.227 e. The van der Waals surface area contributed by atoms with Gasteiger partial charge in [-0.3, -0.25) is 4.79 Å². The number of hydrogen-bond donors (Lipinski definition) is 2. The Kier molecular flexibility index (Phi) is 3.79. The van der Waals surface area contributed by atoms with Crippen molar-refractivity contribution in [2.45, 2.75) is 38.6 Å². The number of rotatable bonds is 4. The Morgan fingerprint density at radius 1 is 1.20 bits per heavy atom. The Labute approximate surface area is 121 Å². The summed E-state index contributed by atoms with van der Waals surface area (Å²) in [6.07, 6.45) is 4.97. The van der Waals surface area contributed by atoms with Crippen LogP contribution in [0.3, 0.4) is 0 Å². The van der Waals surface area contributed by atoms with Crippen LogP contribution in [0.15, 0.2) is 24.3 Å². The molecule has 2 N–H and O–H groups in total. The normalized spacial score (nSPS) is 29.4. The van der Waals surface area contributed by atoms with Crippen LogP contribution >= 0.6 is 0 Å². The zero-order valence-corrected chi connectivity index (χ0v) is 12.4. The van der Waals surface area contributed by atoms with Gasteiger partial charge in [-0.1, -0.05) is 18.6 Å². The number of hydrogen-bond acceptors (Lipinski definition) is 2. The second-order valence-electron chi connectivity index (χ2n) is 6.40. The van der Waals surface area contributed by atoms with Gasteiger partial charge in [-0.2, -0.15) is 0 Å². The highest BCUT2D eigenvalue weighted by Gasteiger charge is 2.42. The molecular weight excluding hydrogens is 248 g/mol. The smallest absolute Gasteiger partial charge is 0.227 e. The molecule has 108 valence electrons. The van der Waals surface area contributed by atoms with Crippen LogP contribution in [0.25, 0.3) is 0 Å². The highest BCUT2D eigenvalue weighted by Crippen LogP contribution is 2.48. The van der Waals surface area contributed by atoms with E-state index in [-0.39, 0.29) is 11.8 Å². The van der Waals surface area contributed by atoms with Crippen LogP contribution in [-0.2, 0) is 4.79 Å². The van der Waals surface area contributed by atoms with Crippen molar-refractivity contribution in [2.75, 3.05) is 12.4 Å². The number of fused-ring (bicyclic) bond motifs is 2. The standard InChI is InChI=1S/C17H24N2O/c1-11(18-2)13-5-7-15(8-6-13)19-17(20)16-10-12-3-4-14(16)9-12/h5-8,11-12,14,16,18H,3-4,9-10H2,1-2H3,(H,19,20). The van der Waals surface area contributed by atoms with E-state index in [1.165, 1.54) is 24.8 Å². The number of anilines is 1. The topological polar surface area (TPSA) is 41.1 Å². The van der Waals surface area contributed by atoms with Crippen LogP contribution in [0, 0.1) is 17.8 Å².